The van der Waals surface area contributed by atoms with Crippen molar-refractivity contribution >= 4 is 46.2 Å². The lowest BCUT2D eigenvalue weighted by molar-refractivity contribution is 0.660. The van der Waals surface area contributed by atoms with Crippen LogP contribution >= 0.6 is 35.2 Å². The van der Waals surface area contributed by atoms with Crippen LogP contribution < -0.4 is 0 Å². The molecule has 3 heterocycles. The molecule has 6 heteroatoms. The first-order chi connectivity index (χ1) is 8.66. The van der Waals surface area contributed by atoms with Gasteiger partial charge in [0.05, 0.1) is 27.6 Å². The molecule has 0 aliphatic rings. The third-order valence-electron chi connectivity index (χ3n) is 2.91. The Morgan fingerprint density at radius 3 is 3.00 bits per heavy atom. The van der Waals surface area contributed by atoms with Gasteiger partial charge in [-0.1, -0.05) is 11.6 Å². The van der Waals surface area contributed by atoms with Crippen molar-refractivity contribution in [2.45, 2.75) is 13.0 Å². The predicted molar refractivity (Wildman–Crippen MR) is 78.1 cm³/mol. The van der Waals surface area contributed by atoms with Crippen LogP contribution in [0, 0.1) is 4.77 Å². The zero-order chi connectivity index (χ0) is 12.7. The van der Waals surface area contributed by atoms with Crippen molar-refractivity contribution in [1.82, 2.24) is 14.5 Å². The summed E-state index contributed by atoms with van der Waals surface area (Å²) in [6.45, 7) is 2.12. The zero-order valence-electron chi connectivity index (χ0n) is 9.55. The molecule has 3 rings (SSSR count). The van der Waals surface area contributed by atoms with Crippen molar-refractivity contribution in [1.29, 1.82) is 0 Å². The number of fused-ring (bicyclic) bond motifs is 1. The van der Waals surface area contributed by atoms with Crippen molar-refractivity contribution in [2.75, 3.05) is 0 Å². The molecule has 0 spiro atoms. The van der Waals surface area contributed by atoms with Gasteiger partial charge in [0, 0.05) is 11.1 Å². The highest BCUT2D eigenvalue weighted by atomic mass is 35.5. The van der Waals surface area contributed by atoms with Gasteiger partial charge in [0.15, 0.2) is 4.77 Å². The van der Waals surface area contributed by atoms with Crippen molar-refractivity contribution in [2.24, 2.45) is 0 Å². The van der Waals surface area contributed by atoms with Crippen LogP contribution in [0.1, 0.15) is 17.8 Å². The Bertz CT molecular complexity index is 756. The van der Waals surface area contributed by atoms with E-state index in [9.17, 15) is 0 Å². The third-order valence-corrected chi connectivity index (χ3v) is 4.61. The first-order valence-corrected chi connectivity index (χ1v) is 7.06. The van der Waals surface area contributed by atoms with Crippen molar-refractivity contribution in [3.05, 3.63) is 44.6 Å². The molecule has 1 N–H and O–H groups in total. The van der Waals surface area contributed by atoms with E-state index in [1.807, 2.05) is 18.2 Å². The van der Waals surface area contributed by atoms with E-state index >= 15 is 0 Å². The molecule has 1 atom stereocenters. The molecular weight excluding hydrogens is 286 g/mol. The quantitative estimate of drug-likeness (QED) is 0.710. The summed E-state index contributed by atoms with van der Waals surface area (Å²) in [7, 11) is 0. The molecule has 92 valence electrons. The first kappa shape index (κ1) is 11.9. The van der Waals surface area contributed by atoms with Crippen LogP contribution in [0.2, 0.25) is 4.34 Å². The van der Waals surface area contributed by atoms with Gasteiger partial charge in [-0.25, -0.2) is 0 Å². The van der Waals surface area contributed by atoms with E-state index in [-0.39, 0.29) is 6.04 Å². The maximum Gasteiger partial charge on any atom is 0.178 e. The number of nitrogens with zero attached hydrogens (tertiary/aromatic N) is 2. The summed E-state index contributed by atoms with van der Waals surface area (Å²) in [6, 6.07) is 6.08. The number of pyridine rings is 1. The highest BCUT2D eigenvalue weighted by Gasteiger charge is 2.14. The molecule has 0 bridgehead atoms. The SMILES string of the molecule is CC(c1ccc(Cl)s1)n1c(=S)[nH]c2cnccc21. The van der Waals surface area contributed by atoms with Crippen molar-refractivity contribution in [3.8, 4) is 0 Å². The van der Waals surface area contributed by atoms with Crippen LogP contribution in [-0.4, -0.2) is 14.5 Å². The summed E-state index contributed by atoms with van der Waals surface area (Å²) >= 11 is 13.0. The molecule has 3 aromatic rings. The summed E-state index contributed by atoms with van der Waals surface area (Å²) < 4.78 is 3.59. The van der Waals surface area contributed by atoms with Gasteiger partial charge in [0.1, 0.15) is 0 Å². The number of nitrogens with one attached hydrogen (secondary N) is 1. The molecular formula is C12H10ClN3S2. The first-order valence-electron chi connectivity index (χ1n) is 5.46. The van der Waals surface area contributed by atoms with Crippen molar-refractivity contribution in [3.63, 3.8) is 0 Å². The number of rotatable bonds is 2. The normalized spacial score (nSPS) is 13.0. The largest absolute Gasteiger partial charge is 0.329 e. The van der Waals surface area contributed by atoms with Gasteiger partial charge in [-0.3, -0.25) is 4.98 Å². The fourth-order valence-electron chi connectivity index (χ4n) is 2.04. The smallest absolute Gasteiger partial charge is 0.178 e. The number of H-pyrrole nitrogens is 1. The lowest BCUT2D eigenvalue weighted by atomic mass is 10.2. The topological polar surface area (TPSA) is 33.6 Å². The molecule has 0 saturated heterocycles. The predicted octanol–water partition coefficient (Wildman–Crippen LogP) is 4.42. The van der Waals surface area contributed by atoms with Crippen LogP contribution in [0.5, 0.6) is 0 Å². The maximum absolute atomic E-state index is 5.99. The van der Waals surface area contributed by atoms with E-state index in [0.717, 1.165) is 15.4 Å². The highest BCUT2D eigenvalue weighted by Crippen LogP contribution is 2.31. The van der Waals surface area contributed by atoms with Crippen LogP contribution in [0.4, 0.5) is 0 Å². The Kier molecular flexibility index (Phi) is 2.97. The van der Waals surface area contributed by atoms with Gasteiger partial charge in [0.2, 0.25) is 0 Å². The van der Waals surface area contributed by atoms with Gasteiger partial charge in [-0.2, -0.15) is 0 Å². The molecule has 0 aliphatic heterocycles. The fourth-order valence-corrected chi connectivity index (χ4v) is 3.51. The second-order valence-electron chi connectivity index (χ2n) is 4.01. The number of thiophene rings is 1. The summed E-state index contributed by atoms with van der Waals surface area (Å²) in [5.41, 5.74) is 2.02. The Morgan fingerprint density at radius 2 is 2.28 bits per heavy atom. The Hall–Kier alpha value is -1.17. The van der Waals surface area contributed by atoms with E-state index in [1.54, 1.807) is 23.7 Å². The average molecular weight is 296 g/mol. The number of aromatic nitrogens is 3. The van der Waals surface area contributed by atoms with Gasteiger partial charge in [-0.05, 0) is 37.3 Å². The van der Waals surface area contributed by atoms with E-state index in [2.05, 4.69) is 21.5 Å². The molecule has 0 aromatic carbocycles. The number of hydrogen-bond acceptors (Lipinski definition) is 3. The minimum absolute atomic E-state index is 0.158. The van der Waals surface area contributed by atoms with Gasteiger partial charge >= 0.3 is 0 Å². The monoisotopic (exact) mass is 295 g/mol. The molecule has 1 unspecified atom stereocenters. The fraction of sp³-hybridized carbons (Fsp3) is 0.167. The molecule has 3 nitrogen and oxygen atoms in total. The van der Waals surface area contributed by atoms with Gasteiger partial charge in [-0.15, -0.1) is 11.3 Å². The van der Waals surface area contributed by atoms with E-state index in [4.69, 9.17) is 23.8 Å². The van der Waals surface area contributed by atoms with Crippen LogP contribution in [0.3, 0.4) is 0 Å². The lowest BCUT2D eigenvalue weighted by Gasteiger charge is -2.12. The van der Waals surface area contributed by atoms with E-state index in [0.29, 0.717) is 4.77 Å². The van der Waals surface area contributed by atoms with Gasteiger partial charge in [0.25, 0.3) is 0 Å². The Balaban J connectivity index is 2.19. The summed E-state index contributed by atoms with van der Waals surface area (Å²) in [6.07, 6.45) is 3.56. The minimum atomic E-state index is 0.158. The zero-order valence-corrected chi connectivity index (χ0v) is 11.9. The minimum Gasteiger partial charge on any atom is -0.329 e. The number of hydrogen-bond donors (Lipinski definition) is 1. The van der Waals surface area contributed by atoms with E-state index in [1.165, 1.54) is 4.88 Å². The molecule has 0 aliphatic carbocycles. The molecule has 3 aromatic heterocycles. The standard InChI is InChI=1S/C12H10ClN3S2/c1-7(10-2-3-11(13)18-10)16-9-4-5-14-6-8(9)15-12(16)17/h2-7H,1H3,(H,15,17). The molecule has 0 amide bonds. The third kappa shape index (κ3) is 1.88. The van der Waals surface area contributed by atoms with E-state index < -0.39 is 0 Å². The van der Waals surface area contributed by atoms with Gasteiger partial charge < -0.3 is 9.55 Å². The van der Waals surface area contributed by atoms with Crippen LogP contribution in [0.15, 0.2) is 30.6 Å². The molecule has 0 saturated carbocycles. The average Bonchev–Trinajstić information content (AvgIpc) is 2.91. The maximum atomic E-state index is 5.99. The van der Waals surface area contributed by atoms with Crippen molar-refractivity contribution < 1.29 is 0 Å². The molecule has 0 fully saturated rings. The Labute approximate surface area is 118 Å². The summed E-state index contributed by atoms with van der Waals surface area (Å²) in [5, 5.41) is 0. The second kappa shape index (κ2) is 4.50. The highest BCUT2D eigenvalue weighted by molar-refractivity contribution is 7.71. The molecule has 0 radical (unpaired) electrons. The number of halogens is 1. The van der Waals surface area contributed by atoms with Crippen LogP contribution in [0.25, 0.3) is 11.0 Å². The Morgan fingerprint density at radius 1 is 1.44 bits per heavy atom. The lowest BCUT2D eigenvalue weighted by Crippen LogP contribution is -2.04. The molecule has 18 heavy (non-hydrogen) atoms. The second-order valence-corrected chi connectivity index (χ2v) is 6.14. The summed E-state index contributed by atoms with van der Waals surface area (Å²) in [5.74, 6) is 0. The number of imidazole rings is 1. The number of aromatic amines is 1. The summed E-state index contributed by atoms with van der Waals surface area (Å²) in [4.78, 5) is 8.45. The van der Waals surface area contributed by atoms with Crippen LogP contribution in [-0.2, 0) is 0 Å².